The minimum absolute atomic E-state index is 0.0938. The molecule has 1 aliphatic rings. The van der Waals surface area contributed by atoms with Crippen molar-refractivity contribution >= 4 is 11.8 Å². The Kier molecular flexibility index (Phi) is 6.76. The van der Waals surface area contributed by atoms with Crippen molar-refractivity contribution in [3.8, 4) is 0 Å². The molecule has 0 aromatic heterocycles. The maximum absolute atomic E-state index is 12.9. The van der Waals surface area contributed by atoms with Crippen LogP contribution in [0, 0.1) is 5.82 Å². The van der Waals surface area contributed by atoms with Crippen LogP contribution >= 0.6 is 0 Å². The first kappa shape index (κ1) is 20.0. The third-order valence-corrected chi connectivity index (χ3v) is 5.12. The zero-order valence-corrected chi connectivity index (χ0v) is 16.1. The van der Waals surface area contributed by atoms with Gasteiger partial charge in [0.15, 0.2) is 0 Å². The van der Waals surface area contributed by atoms with Crippen molar-refractivity contribution in [2.24, 2.45) is 0 Å². The molecular weight excluding hydrogens is 357 g/mol. The van der Waals surface area contributed by atoms with E-state index in [1.165, 1.54) is 35.4 Å². The molecule has 0 bridgehead atoms. The van der Waals surface area contributed by atoms with Gasteiger partial charge in [-0.05, 0) is 48.7 Å². The maximum atomic E-state index is 12.9. The molecule has 1 atom stereocenters. The standard InChI is InChI=1S/C22H26FN3O2/c1-16(26-13-11-17-4-2-3-5-19(17)15-26)14-25-21(27)10-12-24-22(28)18-6-8-20(23)9-7-18/h2-9,16H,10-15H2,1H3,(H,24,28)(H,25,27)/t16-/m1/s1. The first-order valence-electron chi connectivity index (χ1n) is 9.64. The molecule has 0 fully saturated rings. The highest BCUT2D eigenvalue weighted by Gasteiger charge is 2.20. The number of nitrogens with one attached hydrogen (secondary N) is 2. The molecule has 0 saturated heterocycles. The Morgan fingerprint density at radius 3 is 2.54 bits per heavy atom. The molecule has 2 aromatic carbocycles. The maximum Gasteiger partial charge on any atom is 0.251 e. The highest BCUT2D eigenvalue weighted by atomic mass is 19.1. The second-order valence-corrected chi connectivity index (χ2v) is 7.16. The lowest BCUT2D eigenvalue weighted by molar-refractivity contribution is -0.121. The van der Waals surface area contributed by atoms with E-state index in [0.717, 1.165) is 19.5 Å². The van der Waals surface area contributed by atoms with Crippen molar-refractivity contribution in [3.05, 3.63) is 71.0 Å². The molecule has 0 aliphatic carbocycles. The van der Waals surface area contributed by atoms with Gasteiger partial charge in [0.05, 0.1) is 0 Å². The first-order chi connectivity index (χ1) is 13.5. The van der Waals surface area contributed by atoms with Crippen molar-refractivity contribution in [2.75, 3.05) is 19.6 Å². The Bertz CT molecular complexity index is 823. The summed E-state index contributed by atoms with van der Waals surface area (Å²) in [6.45, 7) is 4.83. The molecule has 1 heterocycles. The fraction of sp³-hybridized carbons (Fsp3) is 0.364. The second-order valence-electron chi connectivity index (χ2n) is 7.16. The Hall–Kier alpha value is -2.73. The zero-order chi connectivity index (χ0) is 19.9. The van der Waals surface area contributed by atoms with E-state index >= 15 is 0 Å². The summed E-state index contributed by atoms with van der Waals surface area (Å²) in [6, 6.07) is 14.0. The van der Waals surface area contributed by atoms with Crippen LogP contribution in [-0.2, 0) is 17.8 Å². The van der Waals surface area contributed by atoms with Gasteiger partial charge in [-0.15, -0.1) is 0 Å². The summed E-state index contributed by atoms with van der Waals surface area (Å²) in [7, 11) is 0. The van der Waals surface area contributed by atoms with Crippen LogP contribution in [0.2, 0.25) is 0 Å². The van der Waals surface area contributed by atoms with E-state index in [4.69, 9.17) is 0 Å². The van der Waals surface area contributed by atoms with Gasteiger partial charge in [0.2, 0.25) is 5.91 Å². The zero-order valence-electron chi connectivity index (χ0n) is 16.1. The Labute approximate surface area is 164 Å². The predicted octanol–water partition coefficient (Wildman–Crippen LogP) is 2.51. The second kappa shape index (κ2) is 9.46. The molecule has 2 N–H and O–H groups in total. The molecule has 0 saturated carbocycles. The van der Waals surface area contributed by atoms with Gasteiger partial charge in [-0.25, -0.2) is 4.39 Å². The fourth-order valence-corrected chi connectivity index (χ4v) is 3.37. The summed E-state index contributed by atoms with van der Waals surface area (Å²) >= 11 is 0. The van der Waals surface area contributed by atoms with Crippen molar-refractivity contribution in [1.82, 2.24) is 15.5 Å². The number of halogens is 1. The van der Waals surface area contributed by atoms with Crippen LogP contribution in [-0.4, -0.2) is 42.4 Å². The van der Waals surface area contributed by atoms with Crippen LogP contribution in [0.5, 0.6) is 0 Å². The Morgan fingerprint density at radius 2 is 1.79 bits per heavy atom. The number of hydrogen-bond acceptors (Lipinski definition) is 3. The van der Waals surface area contributed by atoms with Crippen LogP contribution in [0.3, 0.4) is 0 Å². The largest absolute Gasteiger partial charge is 0.354 e. The summed E-state index contributed by atoms with van der Waals surface area (Å²) in [5.74, 6) is -0.793. The Balaban J connectivity index is 1.36. The molecule has 5 nitrogen and oxygen atoms in total. The molecule has 1 aliphatic heterocycles. The summed E-state index contributed by atoms with van der Waals surface area (Å²) < 4.78 is 12.9. The van der Waals surface area contributed by atoms with E-state index in [1.807, 2.05) is 0 Å². The van der Waals surface area contributed by atoms with E-state index in [9.17, 15) is 14.0 Å². The summed E-state index contributed by atoms with van der Waals surface area (Å²) in [5, 5.41) is 5.62. The molecular formula is C22H26FN3O2. The predicted molar refractivity (Wildman–Crippen MR) is 106 cm³/mol. The molecule has 28 heavy (non-hydrogen) atoms. The first-order valence-corrected chi connectivity index (χ1v) is 9.64. The number of amides is 2. The lowest BCUT2D eigenvalue weighted by Crippen LogP contribution is -2.44. The van der Waals surface area contributed by atoms with Crippen molar-refractivity contribution in [2.45, 2.75) is 32.4 Å². The third kappa shape index (κ3) is 5.39. The molecule has 0 radical (unpaired) electrons. The molecule has 148 valence electrons. The third-order valence-electron chi connectivity index (χ3n) is 5.12. The summed E-state index contributed by atoms with van der Waals surface area (Å²) in [5.41, 5.74) is 3.14. The van der Waals surface area contributed by atoms with E-state index in [2.05, 4.69) is 46.7 Å². The van der Waals surface area contributed by atoms with Gasteiger partial charge in [0, 0.05) is 44.2 Å². The van der Waals surface area contributed by atoms with Crippen molar-refractivity contribution < 1.29 is 14.0 Å². The number of rotatable bonds is 7. The number of fused-ring (bicyclic) bond motifs is 1. The van der Waals surface area contributed by atoms with E-state index in [-0.39, 0.29) is 36.6 Å². The van der Waals surface area contributed by atoms with Crippen LogP contribution in [0.4, 0.5) is 4.39 Å². The average molecular weight is 383 g/mol. The van der Waals surface area contributed by atoms with Gasteiger partial charge in [0.25, 0.3) is 5.91 Å². The molecule has 6 heteroatoms. The van der Waals surface area contributed by atoms with Gasteiger partial charge in [-0.3, -0.25) is 14.5 Å². The monoisotopic (exact) mass is 383 g/mol. The minimum Gasteiger partial charge on any atom is -0.354 e. The quantitative estimate of drug-likeness (QED) is 0.772. The van der Waals surface area contributed by atoms with Crippen molar-refractivity contribution in [1.29, 1.82) is 0 Å². The van der Waals surface area contributed by atoms with Crippen molar-refractivity contribution in [3.63, 3.8) is 0 Å². The lowest BCUT2D eigenvalue weighted by atomic mass is 9.99. The van der Waals surface area contributed by atoms with Gasteiger partial charge in [-0.1, -0.05) is 24.3 Å². The summed E-state index contributed by atoms with van der Waals surface area (Å²) in [6.07, 6.45) is 1.24. The van der Waals surface area contributed by atoms with Crippen LogP contribution in [0.15, 0.2) is 48.5 Å². The van der Waals surface area contributed by atoms with E-state index in [1.54, 1.807) is 0 Å². The fourth-order valence-electron chi connectivity index (χ4n) is 3.37. The number of carbonyl (C=O) groups is 2. The van der Waals surface area contributed by atoms with E-state index < -0.39 is 0 Å². The average Bonchev–Trinajstić information content (AvgIpc) is 2.72. The van der Waals surface area contributed by atoms with Crippen LogP contribution < -0.4 is 10.6 Å². The smallest absolute Gasteiger partial charge is 0.251 e. The number of benzene rings is 2. The highest BCUT2D eigenvalue weighted by Crippen LogP contribution is 2.19. The Morgan fingerprint density at radius 1 is 1.07 bits per heavy atom. The molecule has 3 rings (SSSR count). The normalized spacial score (nSPS) is 14.8. The van der Waals surface area contributed by atoms with Gasteiger partial charge >= 0.3 is 0 Å². The summed E-state index contributed by atoms with van der Waals surface area (Å²) in [4.78, 5) is 26.4. The minimum atomic E-state index is -0.387. The van der Waals surface area contributed by atoms with Gasteiger partial charge < -0.3 is 10.6 Å². The van der Waals surface area contributed by atoms with Gasteiger partial charge in [0.1, 0.15) is 5.82 Å². The highest BCUT2D eigenvalue weighted by molar-refractivity contribution is 5.94. The van der Waals surface area contributed by atoms with E-state index in [0.29, 0.717) is 12.1 Å². The molecule has 0 spiro atoms. The lowest BCUT2D eigenvalue weighted by Gasteiger charge is -2.33. The number of nitrogens with zero attached hydrogens (tertiary/aromatic N) is 1. The van der Waals surface area contributed by atoms with Crippen LogP contribution in [0.1, 0.15) is 34.8 Å². The SMILES string of the molecule is C[C@H](CNC(=O)CCNC(=O)c1ccc(F)cc1)N1CCc2ccccc2C1. The topological polar surface area (TPSA) is 61.4 Å². The molecule has 2 amide bonds. The van der Waals surface area contributed by atoms with Crippen LogP contribution in [0.25, 0.3) is 0 Å². The number of hydrogen-bond donors (Lipinski definition) is 2. The number of carbonyl (C=O) groups excluding carboxylic acids is 2. The molecule has 2 aromatic rings. The molecule has 0 unspecified atom stereocenters. The van der Waals surface area contributed by atoms with Gasteiger partial charge in [-0.2, -0.15) is 0 Å².